The number of rotatable bonds is 8. The minimum atomic E-state index is -0.930. The molecule has 0 fully saturated rings. The molecule has 40 heavy (non-hydrogen) atoms. The number of amides is 1. The van der Waals surface area contributed by atoms with Crippen LogP contribution in [-0.2, 0) is 27.2 Å². The molecule has 0 aliphatic carbocycles. The van der Waals surface area contributed by atoms with E-state index in [0.717, 1.165) is 27.7 Å². The molecule has 5 rings (SSSR count). The maximum atomic E-state index is 13.7. The minimum absolute atomic E-state index is 0.108. The number of fused-ring (bicyclic) bond motifs is 3. The van der Waals surface area contributed by atoms with Crippen LogP contribution in [0.4, 0.5) is 0 Å². The predicted molar refractivity (Wildman–Crippen MR) is 148 cm³/mol. The Kier molecular flexibility index (Phi) is 7.52. The highest BCUT2D eigenvalue weighted by Gasteiger charge is 2.36. The molecule has 4 aromatic rings. The zero-order chi connectivity index (χ0) is 28.4. The Morgan fingerprint density at radius 2 is 1.68 bits per heavy atom. The van der Waals surface area contributed by atoms with E-state index in [1.165, 1.54) is 33.5 Å². The van der Waals surface area contributed by atoms with Gasteiger partial charge in [0.05, 0.1) is 33.4 Å². The number of carbonyl (C=O) groups is 2. The summed E-state index contributed by atoms with van der Waals surface area (Å²) in [7, 11) is 4.19. The third-order valence-electron chi connectivity index (χ3n) is 7.24. The van der Waals surface area contributed by atoms with Gasteiger partial charge in [-0.2, -0.15) is 0 Å². The Morgan fingerprint density at radius 1 is 1.00 bits per heavy atom. The number of aromatic nitrogens is 1. The maximum Gasteiger partial charge on any atom is 0.328 e. The van der Waals surface area contributed by atoms with Crippen LogP contribution in [0.3, 0.4) is 0 Å². The first kappa shape index (κ1) is 26.9. The van der Waals surface area contributed by atoms with Gasteiger partial charge in [0.2, 0.25) is 11.7 Å². The second-order valence-electron chi connectivity index (χ2n) is 9.65. The molecule has 0 radical (unpaired) electrons. The molecule has 10 heteroatoms. The Bertz CT molecular complexity index is 1520. The Hall–Kier alpha value is -4.70. The third kappa shape index (κ3) is 5.13. The number of methoxy groups -OCH3 is 3. The maximum absolute atomic E-state index is 13.7. The van der Waals surface area contributed by atoms with Gasteiger partial charge in [0.15, 0.2) is 11.5 Å². The van der Waals surface area contributed by atoms with Gasteiger partial charge >= 0.3 is 5.97 Å². The van der Waals surface area contributed by atoms with Gasteiger partial charge in [-0.25, -0.2) is 4.79 Å². The van der Waals surface area contributed by atoms with E-state index in [9.17, 15) is 19.8 Å². The Balaban J connectivity index is 1.50. The smallest absolute Gasteiger partial charge is 0.328 e. The first-order valence-corrected chi connectivity index (χ1v) is 12.8. The van der Waals surface area contributed by atoms with Crippen molar-refractivity contribution in [2.75, 3.05) is 21.3 Å². The number of phenols is 2. The average Bonchev–Trinajstić information content (AvgIpc) is 3.35. The van der Waals surface area contributed by atoms with Crippen molar-refractivity contribution in [2.24, 2.45) is 0 Å². The quantitative estimate of drug-likeness (QED) is 0.213. The van der Waals surface area contributed by atoms with Crippen molar-refractivity contribution < 1.29 is 34.0 Å². The summed E-state index contributed by atoms with van der Waals surface area (Å²) >= 11 is 0. The normalized spacial score (nSPS) is 17.1. The van der Waals surface area contributed by atoms with Crippen LogP contribution < -0.4 is 20.1 Å². The molecule has 0 unspecified atom stereocenters. The second kappa shape index (κ2) is 11.2. The summed E-state index contributed by atoms with van der Waals surface area (Å²) in [4.78, 5) is 29.8. The van der Waals surface area contributed by atoms with Crippen molar-refractivity contribution in [1.29, 1.82) is 0 Å². The standard InChI is InChI=1S/C30H31N3O7/c1-38-24-13-17(14-25(39-2)28(24)35)26-27-20(19-6-4-5-7-21(19)31-27)15-22(32-26)29(36)33-23(30(37)40-3)12-16-8-10-18(34)11-9-16/h4-11,13-14,22-23,26,31-32,34-35H,12,15H2,1-3H3,(H,33,36)/t22-,23-,26+/m0/s1. The first-order valence-electron chi connectivity index (χ1n) is 12.8. The van der Waals surface area contributed by atoms with Crippen molar-refractivity contribution in [2.45, 2.75) is 31.0 Å². The van der Waals surface area contributed by atoms with Gasteiger partial charge in [-0.15, -0.1) is 0 Å². The Labute approximate surface area is 230 Å². The number of hydrogen-bond donors (Lipinski definition) is 5. The molecule has 5 N–H and O–H groups in total. The fraction of sp³-hybridized carbons (Fsp3) is 0.267. The molecular weight excluding hydrogens is 514 g/mol. The molecule has 10 nitrogen and oxygen atoms in total. The molecule has 0 saturated carbocycles. The van der Waals surface area contributed by atoms with Gasteiger partial charge in [-0.3, -0.25) is 10.1 Å². The average molecular weight is 546 g/mol. The lowest BCUT2D eigenvalue weighted by Crippen LogP contribution is -2.54. The number of hydrogen-bond acceptors (Lipinski definition) is 8. The molecule has 0 saturated heterocycles. The number of para-hydroxylation sites is 1. The van der Waals surface area contributed by atoms with Gasteiger partial charge in [0.25, 0.3) is 0 Å². The second-order valence-corrected chi connectivity index (χ2v) is 9.65. The number of benzene rings is 3. The van der Waals surface area contributed by atoms with Crippen molar-refractivity contribution in [3.05, 3.63) is 83.0 Å². The highest BCUT2D eigenvalue weighted by atomic mass is 16.5. The summed E-state index contributed by atoms with van der Waals surface area (Å²) in [6.45, 7) is 0. The van der Waals surface area contributed by atoms with Gasteiger partial charge in [0.1, 0.15) is 11.8 Å². The van der Waals surface area contributed by atoms with Crippen LogP contribution >= 0.6 is 0 Å². The van der Waals surface area contributed by atoms with E-state index in [2.05, 4.69) is 15.6 Å². The van der Waals surface area contributed by atoms with E-state index in [1.54, 1.807) is 24.3 Å². The SMILES string of the molecule is COC(=O)[C@H](Cc1ccc(O)cc1)NC(=O)[C@@H]1Cc2c([nH]c3ccccc23)[C@@H](c2cc(OC)c(O)c(OC)c2)N1. The monoisotopic (exact) mass is 545 g/mol. The number of carbonyl (C=O) groups excluding carboxylic acids is 2. The summed E-state index contributed by atoms with van der Waals surface area (Å²) in [6, 6.07) is 15.6. The molecule has 1 aliphatic rings. The fourth-order valence-corrected chi connectivity index (χ4v) is 5.22. The highest BCUT2D eigenvalue weighted by molar-refractivity contribution is 5.91. The zero-order valence-electron chi connectivity index (χ0n) is 22.4. The lowest BCUT2D eigenvalue weighted by Gasteiger charge is -2.32. The molecule has 1 aliphatic heterocycles. The number of ether oxygens (including phenoxy) is 3. The van der Waals surface area contributed by atoms with Crippen LogP contribution in [0.25, 0.3) is 10.9 Å². The topological polar surface area (TPSA) is 142 Å². The zero-order valence-corrected chi connectivity index (χ0v) is 22.4. The van der Waals surface area contributed by atoms with Crippen LogP contribution in [0.15, 0.2) is 60.7 Å². The highest BCUT2D eigenvalue weighted by Crippen LogP contribution is 2.42. The lowest BCUT2D eigenvalue weighted by atomic mass is 9.89. The molecule has 3 aromatic carbocycles. The number of nitrogens with one attached hydrogen (secondary N) is 3. The number of esters is 1. The van der Waals surface area contributed by atoms with Gasteiger partial charge < -0.3 is 34.7 Å². The number of aromatic hydroxyl groups is 2. The van der Waals surface area contributed by atoms with Crippen molar-refractivity contribution in [1.82, 2.24) is 15.6 Å². The lowest BCUT2D eigenvalue weighted by molar-refractivity contribution is -0.145. The molecule has 1 amide bonds. The number of phenolic OH excluding ortho intramolecular Hbond substituents is 2. The fourth-order valence-electron chi connectivity index (χ4n) is 5.22. The molecular formula is C30H31N3O7. The van der Waals surface area contributed by atoms with Gasteiger partial charge in [-0.05, 0) is 53.4 Å². The number of H-pyrrole nitrogens is 1. The molecule has 0 spiro atoms. The number of aromatic amines is 1. The van der Waals surface area contributed by atoms with E-state index in [1.807, 2.05) is 24.3 Å². The van der Waals surface area contributed by atoms with Crippen LogP contribution in [0.1, 0.15) is 28.4 Å². The van der Waals surface area contributed by atoms with Crippen molar-refractivity contribution in [3.8, 4) is 23.0 Å². The van der Waals surface area contributed by atoms with E-state index in [0.29, 0.717) is 12.0 Å². The van der Waals surface area contributed by atoms with Crippen molar-refractivity contribution in [3.63, 3.8) is 0 Å². The van der Waals surface area contributed by atoms with E-state index in [-0.39, 0.29) is 35.3 Å². The Morgan fingerprint density at radius 3 is 2.33 bits per heavy atom. The van der Waals surface area contributed by atoms with Crippen LogP contribution in [0.2, 0.25) is 0 Å². The summed E-state index contributed by atoms with van der Waals surface area (Å²) in [6.07, 6.45) is 0.570. The molecule has 1 aromatic heterocycles. The van der Waals surface area contributed by atoms with Crippen LogP contribution in [0.5, 0.6) is 23.0 Å². The van der Waals surface area contributed by atoms with Crippen molar-refractivity contribution >= 4 is 22.8 Å². The van der Waals surface area contributed by atoms with Gasteiger partial charge in [0, 0.05) is 23.0 Å². The van der Waals surface area contributed by atoms with Crippen LogP contribution in [-0.4, -0.2) is 60.5 Å². The minimum Gasteiger partial charge on any atom is -0.508 e. The van der Waals surface area contributed by atoms with Gasteiger partial charge in [-0.1, -0.05) is 30.3 Å². The summed E-state index contributed by atoms with van der Waals surface area (Å²) in [5.74, 6) is -0.481. The molecule has 208 valence electrons. The molecule has 2 heterocycles. The third-order valence-corrected chi connectivity index (χ3v) is 7.24. The predicted octanol–water partition coefficient (Wildman–Crippen LogP) is 3.10. The van der Waals surface area contributed by atoms with Crippen LogP contribution in [0, 0.1) is 0 Å². The molecule has 3 atom stereocenters. The summed E-state index contributed by atoms with van der Waals surface area (Å²) < 4.78 is 15.7. The first-order chi connectivity index (χ1) is 19.3. The summed E-state index contributed by atoms with van der Waals surface area (Å²) in [5, 5.41) is 27.3. The molecule has 0 bridgehead atoms. The van der Waals surface area contributed by atoms with E-state index >= 15 is 0 Å². The van der Waals surface area contributed by atoms with E-state index in [4.69, 9.17) is 14.2 Å². The summed E-state index contributed by atoms with van der Waals surface area (Å²) in [5.41, 5.74) is 4.25. The van der Waals surface area contributed by atoms with E-state index < -0.39 is 24.1 Å². The largest absolute Gasteiger partial charge is 0.508 e.